The van der Waals surface area contributed by atoms with Crippen molar-refractivity contribution in [3.63, 3.8) is 0 Å². The van der Waals surface area contributed by atoms with E-state index in [1.165, 1.54) is 0 Å². The predicted molar refractivity (Wildman–Crippen MR) is 74.1 cm³/mol. The molecule has 0 saturated heterocycles. The van der Waals surface area contributed by atoms with Gasteiger partial charge in [-0.1, -0.05) is 0 Å². The van der Waals surface area contributed by atoms with Gasteiger partial charge in [0.15, 0.2) is 0 Å². The molecule has 0 amide bonds. The molecule has 19 heavy (non-hydrogen) atoms. The lowest BCUT2D eigenvalue weighted by molar-refractivity contribution is 0.0167. The molecule has 0 heterocycles. The summed E-state index contributed by atoms with van der Waals surface area (Å²) in [6.45, 7) is 6.31. The smallest absolute Gasteiger partial charge is 0.0965 e. The zero-order valence-corrected chi connectivity index (χ0v) is 11.7. The summed E-state index contributed by atoms with van der Waals surface area (Å²) in [5, 5.41) is 6.30. The molecule has 0 aromatic carbocycles. The zero-order valence-electron chi connectivity index (χ0n) is 11.7. The molecule has 0 bridgehead atoms. The van der Waals surface area contributed by atoms with E-state index in [1.54, 1.807) is 0 Å². The number of hydroxylamine groups is 1. The van der Waals surface area contributed by atoms with Crippen LogP contribution in [0.2, 0.25) is 0 Å². The lowest BCUT2D eigenvalue weighted by atomic mass is 10.4. The molecular formula is C11H29N5O3. The molecule has 0 unspecified atom stereocenters. The van der Waals surface area contributed by atoms with Crippen molar-refractivity contribution in [1.29, 1.82) is 0 Å². The van der Waals surface area contributed by atoms with Gasteiger partial charge in [0, 0.05) is 19.6 Å². The Morgan fingerprint density at radius 1 is 0.842 bits per heavy atom. The molecule has 0 radical (unpaired) electrons. The van der Waals surface area contributed by atoms with Crippen LogP contribution >= 0.6 is 0 Å². The number of nitrogens with two attached hydrogens (primary N) is 2. The highest BCUT2D eigenvalue weighted by Crippen LogP contribution is 1.78. The van der Waals surface area contributed by atoms with Crippen LogP contribution in [0, 0.1) is 0 Å². The lowest BCUT2D eigenvalue weighted by Crippen LogP contribution is -2.27. The Balaban J connectivity index is 2.88. The topological polar surface area (TPSA) is 116 Å². The molecule has 0 atom stereocenters. The van der Waals surface area contributed by atoms with Crippen LogP contribution in [0.25, 0.3) is 0 Å². The average Bonchev–Trinajstić information content (AvgIpc) is 2.43. The molecule has 0 rings (SSSR count). The fourth-order valence-electron chi connectivity index (χ4n) is 1.25. The number of nitrogens with one attached hydrogen (secondary N) is 3. The highest BCUT2D eigenvalue weighted by molar-refractivity contribution is 4.46. The molecule has 8 nitrogen and oxygen atoms in total. The number of hydrogen-bond acceptors (Lipinski definition) is 8. The average molecular weight is 279 g/mol. The van der Waals surface area contributed by atoms with Crippen LogP contribution in [0.5, 0.6) is 0 Å². The summed E-state index contributed by atoms with van der Waals surface area (Å²) in [5.41, 5.74) is 8.19. The SMILES string of the molecule is NCCNCCCONCCOCNCCCON. The first-order chi connectivity index (χ1) is 9.41. The Morgan fingerprint density at radius 3 is 2.42 bits per heavy atom. The minimum Gasteiger partial charge on any atom is -0.365 e. The van der Waals surface area contributed by atoms with E-state index in [9.17, 15) is 0 Å². The van der Waals surface area contributed by atoms with E-state index < -0.39 is 0 Å². The second-order valence-corrected chi connectivity index (χ2v) is 3.91. The van der Waals surface area contributed by atoms with Crippen molar-refractivity contribution < 1.29 is 14.4 Å². The van der Waals surface area contributed by atoms with Crippen LogP contribution < -0.4 is 27.7 Å². The van der Waals surface area contributed by atoms with Crippen molar-refractivity contribution in [2.24, 2.45) is 11.6 Å². The van der Waals surface area contributed by atoms with Gasteiger partial charge in [0.2, 0.25) is 0 Å². The van der Waals surface area contributed by atoms with Gasteiger partial charge >= 0.3 is 0 Å². The van der Waals surface area contributed by atoms with Crippen molar-refractivity contribution in [1.82, 2.24) is 16.1 Å². The van der Waals surface area contributed by atoms with Crippen LogP contribution in [-0.4, -0.2) is 59.3 Å². The third-order valence-electron chi connectivity index (χ3n) is 2.19. The molecule has 0 aliphatic heterocycles. The van der Waals surface area contributed by atoms with Gasteiger partial charge < -0.3 is 25.5 Å². The van der Waals surface area contributed by atoms with Crippen LogP contribution in [0.15, 0.2) is 0 Å². The summed E-state index contributed by atoms with van der Waals surface area (Å²) in [5.74, 6) is 4.89. The van der Waals surface area contributed by atoms with Crippen molar-refractivity contribution in [3.05, 3.63) is 0 Å². The Hall–Kier alpha value is -0.320. The van der Waals surface area contributed by atoms with E-state index in [1.807, 2.05) is 0 Å². The van der Waals surface area contributed by atoms with Crippen molar-refractivity contribution in [2.75, 3.05) is 59.3 Å². The van der Waals surface area contributed by atoms with E-state index in [2.05, 4.69) is 21.0 Å². The normalized spacial score (nSPS) is 11.1. The van der Waals surface area contributed by atoms with Crippen LogP contribution in [-0.2, 0) is 14.4 Å². The summed E-state index contributed by atoms with van der Waals surface area (Å²) < 4.78 is 5.32. The summed E-state index contributed by atoms with van der Waals surface area (Å²) in [6, 6.07) is 0. The summed E-state index contributed by atoms with van der Waals surface area (Å²) in [7, 11) is 0. The predicted octanol–water partition coefficient (Wildman–Crippen LogP) is -1.71. The standard InChI is InChI=1S/C11H29N5O3/c12-3-6-14-4-2-9-19-16-7-10-17-11-15-5-1-8-18-13/h14-16H,1-13H2. The molecule has 0 fully saturated rings. The Bertz CT molecular complexity index is 149. The maximum Gasteiger partial charge on any atom is 0.0965 e. The molecule has 0 aromatic heterocycles. The zero-order chi connectivity index (χ0) is 14.0. The Labute approximate surface area is 115 Å². The largest absolute Gasteiger partial charge is 0.365 e. The van der Waals surface area contributed by atoms with E-state index in [-0.39, 0.29) is 0 Å². The van der Waals surface area contributed by atoms with Gasteiger partial charge in [-0.15, -0.1) is 0 Å². The minimum absolute atomic E-state index is 0.523. The first-order valence-electron chi connectivity index (χ1n) is 6.77. The second kappa shape index (κ2) is 17.7. The van der Waals surface area contributed by atoms with Gasteiger partial charge in [-0.05, 0) is 25.9 Å². The molecule has 0 saturated carbocycles. The molecule has 0 aromatic rings. The molecule has 8 heteroatoms. The van der Waals surface area contributed by atoms with Crippen LogP contribution in [0.1, 0.15) is 12.8 Å². The number of ether oxygens (including phenoxy) is 1. The molecule has 0 spiro atoms. The van der Waals surface area contributed by atoms with Crippen molar-refractivity contribution >= 4 is 0 Å². The monoisotopic (exact) mass is 279 g/mol. The van der Waals surface area contributed by atoms with E-state index in [0.717, 1.165) is 32.5 Å². The first kappa shape index (κ1) is 18.7. The quantitative estimate of drug-likeness (QED) is 0.129. The fourth-order valence-corrected chi connectivity index (χ4v) is 1.25. The highest BCUT2D eigenvalue weighted by Gasteiger charge is 1.91. The van der Waals surface area contributed by atoms with E-state index in [4.69, 9.17) is 21.2 Å². The number of hydrogen-bond donors (Lipinski definition) is 5. The summed E-state index contributed by atoms with van der Waals surface area (Å²) in [6.07, 6.45) is 1.83. The lowest BCUT2D eigenvalue weighted by Gasteiger charge is -2.08. The third-order valence-corrected chi connectivity index (χ3v) is 2.19. The molecular weight excluding hydrogens is 250 g/mol. The molecule has 116 valence electrons. The maximum absolute atomic E-state index is 5.35. The van der Waals surface area contributed by atoms with Crippen LogP contribution in [0.4, 0.5) is 0 Å². The van der Waals surface area contributed by atoms with Gasteiger partial charge in [-0.3, -0.25) is 5.32 Å². The fraction of sp³-hybridized carbons (Fsp3) is 1.00. The Kier molecular flexibility index (Phi) is 17.4. The van der Waals surface area contributed by atoms with Crippen molar-refractivity contribution in [2.45, 2.75) is 12.8 Å². The molecule has 0 aliphatic rings. The Morgan fingerprint density at radius 2 is 1.63 bits per heavy atom. The third kappa shape index (κ3) is 17.7. The number of rotatable bonds is 16. The molecule has 7 N–H and O–H groups in total. The van der Waals surface area contributed by atoms with Gasteiger partial charge in [0.05, 0.1) is 26.6 Å². The van der Waals surface area contributed by atoms with Crippen LogP contribution in [0.3, 0.4) is 0 Å². The minimum atomic E-state index is 0.523. The van der Waals surface area contributed by atoms with Gasteiger partial charge in [0.25, 0.3) is 0 Å². The second-order valence-electron chi connectivity index (χ2n) is 3.91. The van der Waals surface area contributed by atoms with E-state index >= 15 is 0 Å². The first-order valence-corrected chi connectivity index (χ1v) is 6.77. The summed E-state index contributed by atoms with van der Waals surface area (Å²) in [4.78, 5) is 9.66. The highest BCUT2D eigenvalue weighted by atomic mass is 16.6. The van der Waals surface area contributed by atoms with Crippen molar-refractivity contribution in [3.8, 4) is 0 Å². The van der Waals surface area contributed by atoms with Gasteiger partial charge in [-0.25, -0.2) is 11.4 Å². The molecule has 0 aliphatic carbocycles. The van der Waals surface area contributed by atoms with Gasteiger partial charge in [0.1, 0.15) is 0 Å². The van der Waals surface area contributed by atoms with Gasteiger partial charge in [-0.2, -0.15) is 0 Å². The maximum atomic E-state index is 5.35. The summed E-state index contributed by atoms with van der Waals surface area (Å²) >= 11 is 0. The van der Waals surface area contributed by atoms with E-state index in [0.29, 0.717) is 39.6 Å².